The molecule has 0 saturated carbocycles. The molecule has 1 N–H and O–H groups in total. The molecule has 31 heavy (non-hydrogen) atoms. The number of fused-ring (bicyclic) bond motifs is 1. The summed E-state index contributed by atoms with van der Waals surface area (Å²) in [6.45, 7) is 20.5. The van der Waals surface area contributed by atoms with Crippen molar-refractivity contribution in [1.82, 2.24) is 19.4 Å². The van der Waals surface area contributed by atoms with Crippen molar-refractivity contribution in [2.75, 3.05) is 6.54 Å². The van der Waals surface area contributed by atoms with Crippen molar-refractivity contribution in [3.05, 3.63) is 23.5 Å². The predicted octanol–water partition coefficient (Wildman–Crippen LogP) is 3.95. The van der Waals surface area contributed by atoms with Crippen LogP contribution in [0.15, 0.2) is 33.6 Å². The third kappa shape index (κ3) is 4.75. The number of aliphatic imine (C=N–C) groups is 1. The smallest absolute Gasteiger partial charge is 0.260 e. The topological polar surface area (TPSA) is 79.6 Å². The summed E-state index contributed by atoms with van der Waals surface area (Å²) in [7, 11) is -1.97. The van der Waals surface area contributed by atoms with Crippen LogP contribution >= 0.6 is 0 Å². The Hall–Kier alpha value is -1.67. The van der Waals surface area contributed by atoms with Gasteiger partial charge in [0.05, 0.1) is 6.04 Å². The Morgan fingerprint density at radius 1 is 1.03 bits per heavy atom. The number of hydrogen-bond acceptors (Lipinski definition) is 5. The van der Waals surface area contributed by atoms with Gasteiger partial charge in [-0.05, 0) is 22.5 Å². The van der Waals surface area contributed by atoms with Gasteiger partial charge in [0.1, 0.15) is 5.84 Å². The largest absolute Gasteiger partial charge is 0.332 e. The second kappa shape index (κ2) is 7.44. The zero-order chi connectivity index (χ0) is 23.6. The molecule has 0 aliphatic carbocycles. The number of nitrogens with zero attached hydrogens (tertiary/aromatic N) is 4. The molecule has 3 rings (SSSR count). The summed E-state index contributed by atoms with van der Waals surface area (Å²) in [5, 5.41) is 4.14. The minimum atomic E-state index is -3.68. The summed E-state index contributed by atoms with van der Waals surface area (Å²) >= 11 is 0. The Bertz CT molecular complexity index is 1010. The molecule has 7 nitrogen and oxygen atoms in total. The molecule has 0 spiro atoms. The molecule has 2 aliphatic heterocycles. The maximum Gasteiger partial charge on any atom is 0.260 e. The first kappa shape index (κ1) is 24.0. The van der Waals surface area contributed by atoms with E-state index in [-0.39, 0.29) is 33.4 Å². The van der Waals surface area contributed by atoms with Gasteiger partial charge in [0, 0.05) is 43.4 Å². The van der Waals surface area contributed by atoms with Crippen LogP contribution in [0.25, 0.3) is 0 Å². The van der Waals surface area contributed by atoms with Crippen LogP contribution in [-0.2, 0) is 17.1 Å². The quantitative estimate of drug-likeness (QED) is 0.758. The van der Waals surface area contributed by atoms with Gasteiger partial charge in [-0.3, -0.25) is 9.67 Å². The predicted molar refractivity (Wildman–Crippen MR) is 125 cm³/mol. The van der Waals surface area contributed by atoms with Crippen LogP contribution in [-0.4, -0.2) is 47.6 Å². The third-order valence-electron chi connectivity index (χ3n) is 5.85. The number of aromatic nitrogens is 2. The van der Waals surface area contributed by atoms with Crippen molar-refractivity contribution in [1.29, 1.82) is 0 Å². The van der Waals surface area contributed by atoms with Crippen LogP contribution in [0.1, 0.15) is 68.7 Å². The standard InChI is InChI=1S/C23H39N5O2S/c1-21(2,3)18-16-13-15(26-31(29,30)17-11-12-27(10)25-17)14-28(16)20(23(7,8)9)24-19(18)22(4,5)6/h11-12,15,19,26H,13-14H2,1-10H3. The molecule has 2 unspecified atom stereocenters. The molecule has 2 aliphatic rings. The summed E-state index contributed by atoms with van der Waals surface area (Å²) in [4.78, 5) is 7.57. The van der Waals surface area contributed by atoms with E-state index in [4.69, 9.17) is 4.99 Å². The molecule has 0 bridgehead atoms. The fraction of sp³-hybridized carbons (Fsp3) is 0.739. The van der Waals surface area contributed by atoms with Crippen LogP contribution in [0.5, 0.6) is 0 Å². The van der Waals surface area contributed by atoms with Gasteiger partial charge in [-0.25, -0.2) is 13.1 Å². The molecule has 0 radical (unpaired) electrons. The van der Waals surface area contributed by atoms with Gasteiger partial charge < -0.3 is 4.90 Å². The lowest BCUT2D eigenvalue weighted by Gasteiger charge is -2.45. The monoisotopic (exact) mass is 449 g/mol. The normalized spacial score (nSPS) is 23.3. The summed E-state index contributed by atoms with van der Waals surface area (Å²) in [6.07, 6.45) is 2.30. The van der Waals surface area contributed by atoms with E-state index in [1.807, 2.05) is 0 Å². The molecule has 1 saturated heterocycles. The van der Waals surface area contributed by atoms with Crippen LogP contribution < -0.4 is 4.72 Å². The molecular formula is C23H39N5O2S. The highest BCUT2D eigenvalue weighted by atomic mass is 32.2. The van der Waals surface area contributed by atoms with Crippen molar-refractivity contribution >= 4 is 15.9 Å². The summed E-state index contributed by atoms with van der Waals surface area (Å²) in [5.74, 6) is 1.04. The molecular weight excluding hydrogens is 410 g/mol. The van der Waals surface area contributed by atoms with Crippen molar-refractivity contribution < 1.29 is 8.42 Å². The maximum atomic E-state index is 12.9. The fourth-order valence-electron chi connectivity index (χ4n) is 4.59. The molecule has 8 heteroatoms. The van der Waals surface area contributed by atoms with E-state index in [1.165, 1.54) is 22.0 Å². The van der Waals surface area contributed by atoms with Crippen molar-refractivity contribution in [2.45, 2.75) is 85.8 Å². The molecule has 1 aromatic rings. The SMILES string of the molecule is Cn1ccc(S(=O)(=O)NC2CC3=C(C(C)(C)C)C(C(C)(C)C)N=C(C(C)(C)C)N3C2)n1. The zero-order valence-corrected chi connectivity index (χ0v) is 21.6. The second-order valence-electron chi connectivity index (χ2n) is 12.0. The van der Waals surface area contributed by atoms with Crippen LogP contribution in [0.2, 0.25) is 0 Å². The maximum absolute atomic E-state index is 12.9. The first-order valence-electron chi connectivity index (χ1n) is 11.0. The van der Waals surface area contributed by atoms with Crippen molar-refractivity contribution in [2.24, 2.45) is 28.3 Å². The van der Waals surface area contributed by atoms with Crippen LogP contribution in [0, 0.1) is 16.2 Å². The van der Waals surface area contributed by atoms with Crippen molar-refractivity contribution in [3.63, 3.8) is 0 Å². The highest BCUT2D eigenvalue weighted by Gasteiger charge is 2.47. The summed E-state index contributed by atoms with van der Waals surface area (Å²) in [6, 6.07) is 1.35. The molecule has 0 amide bonds. The minimum absolute atomic E-state index is 0.0379. The lowest BCUT2D eigenvalue weighted by Crippen LogP contribution is -2.47. The molecule has 174 valence electrons. The van der Waals surface area contributed by atoms with E-state index in [2.05, 4.69) is 77.0 Å². The number of rotatable bonds is 3. The second-order valence-corrected chi connectivity index (χ2v) is 13.7. The van der Waals surface area contributed by atoms with Crippen molar-refractivity contribution in [3.8, 4) is 0 Å². The Balaban J connectivity index is 2.06. The van der Waals surface area contributed by atoms with Gasteiger partial charge in [0.25, 0.3) is 10.0 Å². The molecule has 1 aromatic heterocycles. The number of hydrogen-bond donors (Lipinski definition) is 1. The molecule has 3 heterocycles. The Kier molecular flexibility index (Phi) is 5.76. The first-order valence-corrected chi connectivity index (χ1v) is 12.5. The lowest BCUT2D eigenvalue weighted by atomic mass is 9.70. The third-order valence-corrected chi connectivity index (χ3v) is 7.26. The van der Waals surface area contributed by atoms with E-state index in [9.17, 15) is 8.42 Å². The van der Waals surface area contributed by atoms with Crippen LogP contribution in [0.3, 0.4) is 0 Å². The highest BCUT2D eigenvalue weighted by Crippen LogP contribution is 2.47. The number of aryl methyl sites for hydroxylation is 1. The minimum Gasteiger partial charge on any atom is -0.332 e. The van der Waals surface area contributed by atoms with E-state index in [0.717, 1.165) is 5.84 Å². The summed E-state index contributed by atoms with van der Waals surface area (Å²) in [5.41, 5.74) is 2.28. The summed E-state index contributed by atoms with van der Waals surface area (Å²) < 4.78 is 30.3. The van der Waals surface area contributed by atoms with Gasteiger partial charge in [0.2, 0.25) is 0 Å². The van der Waals surface area contributed by atoms with E-state index in [1.54, 1.807) is 13.2 Å². The Morgan fingerprint density at radius 3 is 2.10 bits per heavy atom. The van der Waals surface area contributed by atoms with Gasteiger partial charge in [-0.1, -0.05) is 62.3 Å². The average molecular weight is 450 g/mol. The van der Waals surface area contributed by atoms with Crippen LogP contribution in [0.4, 0.5) is 0 Å². The molecule has 0 aromatic carbocycles. The van der Waals surface area contributed by atoms with E-state index in [0.29, 0.717) is 13.0 Å². The van der Waals surface area contributed by atoms with Gasteiger partial charge in [-0.15, -0.1) is 0 Å². The van der Waals surface area contributed by atoms with Gasteiger partial charge in [-0.2, -0.15) is 5.10 Å². The Morgan fingerprint density at radius 2 is 1.65 bits per heavy atom. The average Bonchev–Trinajstić information content (AvgIpc) is 3.15. The highest BCUT2D eigenvalue weighted by molar-refractivity contribution is 7.89. The van der Waals surface area contributed by atoms with Gasteiger partial charge >= 0.3 is 0 Å². The number of nitrogens with one attached hydrogen (secondary N) is 1. The Labute approximate surface area is 188 Å². The number of sulfonamides is 1. The molecule has 1 fully saturated rings. The van der Waals surface area contributed by atoms with E-state index < -0.39 is 10.0 Å². The fourth-order valence-corrected chi connectivity index (χ4v) is 5.78. The number of amidine groups is 1. The van der Waals surface area contributed by atoms with Gasteiger partial charge in [0.15, 0.2) is 5.03 Å². The van der Waals surface area contributed by atoms with E-state index >= 15 is 0 Å². The lowest BCUT2D eigenvalue weighted by molar-refractivity contribution is 0.285. The molecule has 2 atom stereocenters. The first-order chi connectivity index (χ1) is 13.9. The zero-order valence-electron chi connectivity index (χ0n) is 20.7.